The molecule has 2 N–H and O–H groups in total. The molecule has 1 amide bonds. The average Bonchev–Trinajstić information content (AvgIpc) is 2.51. The first kappa shape index (κ1) is 18.0. The van der Waals surface area contributed by atoms with Gasteiger partial charge in [-0.05, 0) is 43.7 Å². The van der Waals surface area contributed by atoms with Crippen molar-refractivity contribution >= 4 is 21.6 Å². The summed E-state index contributed by atoms with van der Waals surface area (Å²) < 4.78 is 25.9. The third-order valence-corrected chi connectivity index (χ3v) is 5.34. The zero-order valence-electron chi connectivity index (χ0n) is 13.8. The number of sulfonamides is 1. The van der Waals surface area contributed by atoms with Crippen LogP contribution in [0.2, 0.25) is 0 Å². The van der Waals surface area contributed by atoms with Crippen LogP contribution in [0.5, 0.6) is 5.75 Å². The summed E-state index contributed by atoms with van der Waals surface area (Å²) in [5.74, 6) is -0.605. The molecule has 128 valence electrons. The van der Waals surface area contributed by atoms with Crippen LogP contribution in [0.15, 0.2) is 47.4 Å². The fourth-order valence-electron chi connectivity index (χ4n) is 2.12. The number of hydrogen-bond donors (Lipinski definition) is 2. The number of likely N-dealkylation sites (N-methyl/N-ethyl adjacent to an activating group) is 1. The predicted molar refractivity (Wildman–Crippen MR) is 92.5 cm³/mol. The van der Waals surface area contributed by atoms with E-state index < -0.39 is 15.9 Å². The summed E-state index contributed by atoms with van der Waals surface area (Å²) >= 11 is 0. The molecule has 0 spiro atoms. The maximum absolute atomic E-state index is 12.4. The zero-order chi connectivity index (χ0) is 17.9. The van der Waals surface area contributed by atoms with Gasteiger partial charge >= 0.3 is 0 Å². The van der Waals surface area contributed by atoms with Crippen LogP contribution < -0.4 is 5.32 Å². The molecule has 2 rings (SSSR count). The third-order valence-electron chi connectivity index (χ3n) is 3.52. The lowest BCUT2D eigenvalue weighted by atomic mass is 10.2. The SMILES string of the molecule is Cc1ccc(S(=O)(=O)N(C)CC(=O)Nc2cc(C)ccc2O)cc1. The van der Waals surface area contributed by atoms with Crippen molar-refractivity contribution in [2.75, 3.05) is 18.9 Å². The maximum atomic E-state index is 12.4. The van der Waals surface area contributed by atoms with Gasteiger partial charge < -0.3 is 10.4 Å². The first-order valence-corrected chi connectivity index (χ1v) is 8.76. The van der Waals surface area contributed by atoms with Gasteiger partial charge in [0.25, 0.3) is 0 Å². The van der Waals surface area contributed by atoms with E-state index in [0.717, 1.165) is 15.4 Å². The van der Waals surface area contributed by atoms with Crippen LogP contribution in [0.25, 0.3) is 0 Å². The Hall–Kier alpha value is -2.38. The highest BCUT2D eigenvalue weighted by atomic mass is 32.2. The molecule has 0 saturated carbocycles. The molecule has 0 unspecified atom stereocenters. The van der Waals surface area contributed by atoms with E-state index in [1.165, 1.54) is 25.2 Å². The molecule has 0 atom stereocenters. The summed E-state index contributed by atoms with van der Waals surface area (Å²) in [6.45, 7) is 3.33. The largest absolute Gasteiger partial charge is 0.506 e. The highest BCUT2D eigenvalue weighted by Crippen LogP contribution is 2.24. The number of carbonyl (C=O) groups is 1. The van der Waals surface area contributed by atoms with E-state index in [1.54, 1.807) is 24.3 Å². The monoisotopic (exact) mass is 348 g/mol. The quantitative estimate of drug-likeness (QED) is 0.812. The summed E-state index contributed by atoms with van der Waals surface area (Å²) in [6, 6.07) is 11.2. The van der Waals surface area contributed by atoms with Gasteiger partial charge in [0.1, 0.15) is 5.75 Å². The zero-order valence-corrected chi connectivity index (χ0v) is 14.6. The van der Waals surface area contributed by atoms with E-state index in [0.29, 0.717) is 0 Å². The minimum absolute atomic E-state index is 0.0713. The molecule has 7 heteroatoms. The Morgan fingerprint density at radius 3 is 2.29 bits per heavy atom. The van der Waals surface area contributed by atoms with Crippen molar-refractivity contribution in [1.29, 1.82) is 0 Å². The molecule has 0 aliphatic rings. The summed E-state index contributed by atoms with van der Waals surface area (Å²) in [7, 11) is -2.41. The standard InChI is InChI=1S/C17H20N2O4S/c1-12-4-7-14(8-5-12)24(22,23)19(3)11-17(21)18-15-10-13(2)6-9-16(15)20/h4-10,20H,11H2,1-3H3,(H,18,21). The molecule has 0 heterocycles. The molecule has 0 fully saturated rings. The number of phenols is 1. The Bertz CT molecular complexity index is 845. The van der Waals surface area contributed by atoms with E-state index in [1.807, 2.05) is 13.8 Å². The van der Waals surface area contributed by atoms with E-state index in [-0.39, 0.29) is 22.9 Å². The van der Waals surface area contributed by atoms with Crippen molar-refractivity contribution in [3.8, 4) is 5.75 Å². The number of phenolic OH excluding ortho intramolecular Hbond substituents is 1. The molecular weight excluding hydrogens is 328 g/mol. The second kappa shape index (κ2) is 7.02. The Kier molecular flexibility index (Phi) is 5.26. The van der Waals surface area contributed by atoms with Crippen molar-refractivity contribution in [3.05, 3.63) is 53.6 Å². The molecule has 0 radical (unpaired) electrons. The molecule has 2 aromatic rings. The topological polar surface area (TPSA) is 86.7 Å². The van der Waals surface area contributed by atoms with Gasteiger partial charge in [-0.1, -0.05) is 23.8 Å². The maximum Gasteiger partial charge on any atom is 0.243 e. The lowest BCUT2D eigenvalue weighted by Gasteiger charge is -2.17. The number of nitrogens with zero attached hydrogens (tertiary/aromatic N) is 1. The van der Waals surface area contributed by atoms with Crippen molar-refractivity contribution in [1.82, 2.24) is 4.31 Å². The third kappa shape index (κ3) is 4.12. The number of benzene rings is 2. The normalized spacial score (nSPS) is 11.5. The van der Waals surface area contributed by atoms with Gasteiger partial charge in [0.05, 0.1) is 17.1 Å². The number of rotatable bonds is 5. The first-order valence-electron chi connectivity index (χ1n) is 7.32. The van der Waals surface area contributed by atoms with Gasteiger partial charge in [-0.3, -0.25) is 4.79 Å². The molecule has 0 aliphatic carbocycles. The van der Waals surface area contributed by atoms with Crippen LogP contribution in [0.4, 0.5) is 5.69 Å². The van der Waals surface area contributed by atoms with Crippen LogP contribution in [0.1, 0.15) is 11.1 Å². The number of hydrogen-bond acceptors (Lipinski definition) is 4. The lowest BCUT2D eigenvalue weighted by molar-refractivity contribution is -0.116. The Morgan fingerprint density at radius 1 is 1.08 bits per heavy atom. The fourth-order valence-corrected chi connectivity index (χ4v) is 3.24. The minimum atomic E-state index is -3.75. The molecular formula is C17H20N2O4S. The van der Waals surface area contributed by atoms with Gasteiger partial charge in [0.2, 0.25) is 15.9 Å². The van der Waals surface area contributed by atoms with E-state index in [2.05, 4.69) is 5.32 Å². The summed E-state index contributed by atoms with van der Waals surface area (Å²) in [5.41, 5.74) is 2.06. The van der Waals surface area contributed by atoms with E-state index >= 15 is 0 Å². The van der Waals surface area contributed by atoms with Gasteiger partial charge in [-0.2, -0.15) is 4.31 Å². The van der Waals surface area contributed by atoms with Crippen LogP contribution in [0, 0.1) is 13.8 Å². The van der Waals surface area contributed by atoms with Crippen molar-refractivity contribution in [3.63, 3.8) is 0 Å². The molecule has 24 heavy (non-hydrogen) atoms. The second-order valence-corrected chi connectivity index (χ2v) is 7.69. The van der Waals surface area contributed by atoms with Gasteiger partial charge in [-0.15, -0.1) is 0 Å². The first-order chi connectivity index (χ1) is 11.2. The molecule has 6 nitrogen and oxygen atoms in total. The second-order valence-electron chi connectivity index (χ2n) is 5.64. The summed E-state index contributed by atoms with van der Waals surface area (Å²) in [4.78, 5) is 12.2. The number of aromatic hydroxyl groups is 1. The van der Waals surface area contributed by atoms with Crippen LogP contribution in [-0.4, -0.2) is 37.3 Å². The molecule has 0 aliphatic heterocycles. The van der Waals surface area contributed by atoms with Crippen molar-refractivity contribution in [2.24, 2.45) is 0 Å². The van der Waals surface area contributed by atoms with Crippen LogP contribution in [0.3, 0.4) is 0 Å². The average molecular weight is 348 g/mol. The van der Waals surface area contributed by atoms with E-state index in [9.17, 15) is 18.3 Å². The Balaban J connectivity index is 2.10. The summed E-state index contributed by atoms with van der Waals surface area (Å²) in [6.07, 6.45) is 0. The Morgan fingerprint density at radius 2 is 1.67 bits per heavy atom. The number of amides is 1. The number of nitrogens with one attached hydrogen (secondary N) is 1. The molecule has 0 bridgehead atoms. The molecule has 0 saturated heterocycles. The summed E-state index contributed by atoms with van der Waals surface area (Å²) in [5, 5.41) is 12.3. The lowest BCUT2D eigenvalue weighted by Crippen LogP contribution is -2.35. The predicted octanol–water partition coefficient (Wildman–Crippen LogP) is 2.27. The van der Waals surface area contributed by atoms with Crippen molar-refractivity contribution < 1.29 is 18.3 Å². The van der Waals surface area contributed by atoms with Crippen molar-refractivity contribution in [2.45, 2.75) is 18.7 Å². The number of carbonyl (C=O) groups excluding carboxylic acids is 1. The van der Waals surface area contributed by atoms with Crippen LogP contribution in [-0.2, 0) is 14.8 Å². The van der Waals surface area contributed by atoms with Gasteiger partial charge in [0.15, 0.2) is 0 Å². The Labute approximate surface area is 141 Å². The minimum Gasteiger partial charge on any atom is -0.506 e. The fraction of sp³-hybridized carbons (Fsp3) is 0.235. The van der Waals surface area contributed by atoms with E-state index in [4.69, 9.17) is 0 Å². The smallest absolute Gasteiger partial charge is 0.243 e. The van der Waals surface area contributed by atoms with Gasteiger partial charge in [0, 0.05) is 7.05 Å². The highest BCUT2D eigenvalue weighted by Gasteiger charge is 2.23. The molecule has 0 aromatic heterocycles. The highest BCUT2D eigenvalue weighted by molar-refractivity contribution is 7.89. The number of aryl methyl sites for hydroxylation is 2. The van der Waals surface area contributed by atoms with Gasteiger partial charge in [-0.25, -0.2) is 8.42 Å². The number of anilines is 1. The van der Waals surface area contributed by atoms with Crippen LogP contribution >= 0.6 is 0 Å². The molecule has 2 aromatic carbocycles.